The lowest BCUT2D eigenvalue weighted by atomic mass is 10.1. The lowest BCUT2D eigenvalue weighted by Crippen LogP contribution is -2.48. The Balaban J connectivity index is 2.15. The van der Waals surface area contributed by atoms with E-state index in [1.54, 1.807) is 39.0 Å². The number of benzene rings is 1. The number of carbonyl (C=O) groups is 3. The quantitative estimate of drug-likeness (QED) is 0.827. The third-order valence-electron chi connectivity index (χ3n) is 3.55. The molecule has 0 radical (unpaired) electrons. The lowest BCUT2D eigenvalue weighted by Gasteiger charge is -2.24. The van der Waals surface area contributed by atoms with Crippen LogP contribution in [0.25, 0.3) is 0 Å². The van der Waals surface area contributed by atoms with Crippen molar-refractivity contribution in [1.29, 1.82) is 0 Å². The van der Waals surface area contributed by atoms with Gasteiger partial charge in [0.05, 0.1) is 7.11 Å². The smallest absolute Gasteiger partial charge is 0.408 e. The fourth-order valence-corrected chi connectivity index (χ4v) is 2.79. The third-order valence-corrected chi connectivity index (χ3v) is 3.79. The molecule has 0 saturated heterocycles. The number of halogens is 1. The van der Waals surface area contributed by atoms with Gasteiger partial charge in [0.25, 0.3) is 0 Å². The van der Waals surface area contributed by atoms with E-state index in [1.807, 2.05) is 0 Å². The van der Waals surface area contributed by atoms with E-state index in [4.69, 9.17) is 21.1 Å². The molecule has 0 aliphatic carbocycles. The van der Waals surface area contributed by atoms with Crippen molar-refractivity contribution in [3.63, 3.8) is 0 Å². The Morgan fingerprint density at radius 1 is 1.32 bits per heavy atom. The molecule has 0 spiro atoms. The Morgan fingerprint density at radius 2 is 2.00 bits per heavy atom. The molecule has 1 atom stereocenters. The summed E-state index contributed by atoms with van der Waals surface area (Å²) < 4.78 is 9.89. The van der Waals surface area contributed by atoms with Gasteiger partial charge in [-0.2, -0.15) is 0 Å². The van der Waals surface area contributed by atoms with Gasteiger partial charge in [0.15, 0.2) is 0 Å². The number of nitrogens with one attached hydrogen (secondary N) is 1. The zero-order valence-corrected chi connectivity index (χ0v) is 15.3. The van der Waals surface area contributed by atoms with Gasteiger partial charge in [-0.05, 0) is 44.5 Å². The van der Waals surface area contributed by atoms with Crippen LogP contribution in [0.1, 0.15) is 26.3 Å². The Kier molecular flexibility index (Phi) is 5.57. The van der Waals surface area contributed by atoms with Gasteiger partial charge in [-0.3, -0.25) is 9.69 Å². The van der Waals surface area contributed by atoms with Crippen LogP contribution in [0.5, 0.6) is 0 Å². The molecule has 0 unspecified atom stereocenters. The normalized spacial score (nSPS) is 16.2. The number of rotatable bonds is 3. The van der Waals surface area contributed by atoms with E-state index < -0.39 is 29.6 Å². The highest BCUT2D eigenvalue weighted by Crippen LogP contribution is 2.34. The van der Waals surface area contributed by atoms with E-state index in [2.05, 4.69) is 5.32 Å². The summed E-state index contributed by atoms with van der Waals surface area (Å²) in [5.74, 6) is -0.972. The van der Waals surface area contributed by atoms with Crippen LogP contribution in [0.4, 0.5) is 10.5 Å². The molecule has 0 bridgehead atoms. The lowest BCUT2D eigenvalue weighted by molar-refractivity contribution is -0.143. The van der Waals surface area contributed by atoms with Crippen LogP contribution in [0.15, 0.2) is 18.2 Å². The number of nitrogens with zero attached hydrogens (tertiary/aromatic N) is 1. The van der Waals surface area contributed by atoms with E-state index in [-0.39, 0.29) is 6.54 Å². The van der Waals surface area contributed by atoms with Crippen molar-refractivity contribution in [2.45, 2.75) is 38.8 Å². The first-order chi connectivity index (χ1) is 11.6. The van der Waals surface area contributed by atoms with Crippen LogP contribution in [0.3, 0.4) is 0 Å². The molecule has 1 aromatic rings. The maximum Gasteiger partial charge on any atom is 0.408 e. The molecule has 8 heteroatoms. The average molecular weight is 369 g/mol. The molecule has 2 amide bonds. The van der Waals surface area contributed by atoms with Crippen molar-refractivity contribution in [2.75, 3.05) is 18.6 Å². The van der Waals surface area contributed by atoms with E-state index in [0.29, 0.717) is 17.1 Å². The number of carbonyl (C=O) groups excluding carboxylic acids is 3. The standard InChI is InChI=1S/C17H21ClN2O5/c1-17(2,3)25-16(23)19-9-14(21)20-12-6-5-11(18)7-10(12)8-13(20)15(22)24-4/h5-7,13H,8-9H2,1-4H3,(H,19,23)/t13-/m1/s1. The van der Waals surface area contributed by atoms with Crippen LogP contribution < -0.4 is 10.2 Å². The zero-order valence-electron chi connectivity index (χ0n) is 14.6. The minimum absolute atomic E-state index is 0.301. The van der Waals surface area contributed by atoms with Crippen molar-refractivity contribution < 1.29 is 23.9 Å². The number of ether oxygens (including phenoxy) is 2. The second-order valence-electron chi connectivity index (χ2n) is 6.64. The first-order valence-electron chi connectivity index (χ1n) is 7.77. The number of anilines is 1. The highest BCUT2D eigenvalue weighted by molar-refractivity contribution is 6.30. The minimum atomic E-state index is -0.786. The predicted octanol–water partition coefficient (Wildman–Crippen LogP) is 2.30. The van der Waals surface area contributed by atoms with Crippen LogP contribution in [-0.2, 0) is 25.5 Å². The topological polar surface area (TPSA) is 84.9 Å². The summed E-state index contributed by atoms with van der Waals surface area (Å²) in [4.78, 5) is 37.7. The summed E-state index contributed by atoms with van der Waals surface area (Å²) in [7, 11) is 1.26. The molecule has 1 aliphatic heterocycles. The molecule has 1 aliphatic rings. The Morgan fingerprint density at radius 3 is 2.60 bits per heavy atom. The Labute approximate surface area is 151 Å². The molecule has 0 saturated carbocycles. The van der Waals surface area contributed by atoms with Crippen LogP contribution in [-0.4, -0.2) is 43.3 Å². The SMILES string of the molecule is COC(=O)[C@H]1Cc2cc(Cl)ccc2N1C(=O)CNC(=O)OC(C)(C)C. The zero-order chi connectivity index (χ0) is 18.8. The second-order valence-corrected chi connectivity index (χ2v) is 7.07. The molecular weight excluding hydrogens is 348 g/mol. The molecule has 1 heterocycles. The van der Waals surface area contributed by atoms with Crippen molar-refractivity contribution in [3.05, 3.63) is 28.8 Å². The number of hydrogen-bond donors (Lipinski definition) is 1. The molecule has 25 heavy (non-hydrogen) atoms. The molecular formula is C17H21ClN2O5. The maximum absolute atomic E-state index is 12.6. The molecule has 7 nitrogen and oxygen atoms in total. The molecule has 0 aromatic heterocycles. The van der Waals surface area contributed by atoms with Crippen molar-refractivity contribution in [1.82, 2.24) is 5.32 Å². The summed E-state index contributed by atoms with van der Waals surface area (Å²) in [6, 6.07) is 4.24. The number of amides is 2. The number of esters is 1. The van der Waals surface area contributed by atoms with E-state index >= 15 is 0 Å². The van der Waals surface area contributed by atoms with Crippen molar-refractivity contribution in [3.8, 4) is 0 Å². The van der Waals surface area contributed by atoms with Crippen molar-refractivity contribution >= 4 is 35.3 Å². The molecule has 2 rings (SSSR count). The van der Waals surface area contributed by atoms with Gasteiger partial charge in [0.2, 0.25) is 5.91 Å². The van der Waals surface area contributed by atoms with Crippen molar-refractivity contribution in [2.24, 2.45) is 0 Å². The van der Waals surface area contributed by atoms with Gasteiger partial charge in [-0.1, -0.05) is 11.6 Å². The number of hydrogen-bond acceptors (Lipinski definition) is 5. The molecule has 1 N–H and O–H groups in total. The van der Waals surface area contributed by atoms with Gasteiger partial charge < -0.3 is 14.8 Å². The maximum atomic E-state index is 12.6. The molecule has 136 valence electrons. The summed E-state index contributed by atoms with van der Waals surface area (Å²) >= 11 is 5.98. The summed E-state index contributed by atoms with van der Waals surface area (Å²) in [6.07, 6.45) is -0.396. The highest BCUT2D eigenvalue weighted by Gasteiger charge is 2.39. The van der Waals surface area contributed by atoms with Gasteiger partial charge >= 0.3 is 12.1 Å². The number of alkyl carbamates (subject to hydrolysis) is 1. The largest absolute Gasteiger partial charge is 0.467 e. The monoisotopic (exact) mass is 368 g/mol. The molecule has 0 fully saturated rings. The number of fused-ring (bicyclic) bond motifs is 1. The summed E-state index contributed by atoms with van der Waals surface area (Å²) in [5, 5.41) is 2.92. The predicted molar refractivity (Wildman–Crippen MR) is 92.7 cm³/mol. The number of methoxy groups -OCH3 is 1. The molecule has 1 aromatic carbocycles. The van der Waals surface area contributed by atoms with Gasteiger partial charge in [-0.15, -0.1) is 0 Å². The Hall–Kier alpha value is -2.28. The van der Waals surface area contributed by atoms with Crippen LogP contribution in [0.2, 0.25) is 5.02 Å². The van der Waals surface area contributed by atoms with Gasteiger partial charge in [0, 0.05) is 17.1 Å². The summed E-state index contributed by atoms with van der Waals surface area (Å²) in [5.41, 5.74) is 0.683. The second kappa shape index (κ2) is 7.31. The average Bonchev–Trinajstić information content (AvgIpc) is 2.88. The van der Waals surface area contributed by atoms with Crippen LogP contribution in [0, 0.1) is 0 Å². The fourth-order valence-electron chi connectivity index (χ4n) is 2.60. The van der Waals surface area contributed by atoms with E-state index in [1.165, 1.54) is 12.0 Å². The highest BCUT2D eigenvalue weighted by atomic mass is 35.5. The summed E-state index contributed by atoms with van der Waals surface area (Å²) in [6.45, 7) is 4.87. The third kappa shape index (κ3) is 4.63. The Bertz CT molecular complexity index is 699. The van der Waals surface area contributed by atoms with Gasteiger partial charge in [-0.25, -0.2) is 9.59 Å². The van der Waals surface area contributed by atoms with E-state index in [9.17, 15) is 14.4 Å². The minimum Gasteiger partial charge on any atom is -0.467 e. The van der Waals surface area contributed by atoms with E-state index in [0.717, 1.165) is 5.56 Å². The first-order valence-corrected chi connectivity index (χ1v) is 8.15. The van der Waals surface area contributed by atoms with Gasteiger partial charge in [0.1, 0.15) is 18.2 Å². The first kappa shape index (κ1) is 19.1. The van der Waals surface area contributed by atoms with Crippen LogP contribution >= 0.6 is 11.6 Å². The fraction of sp³-hybridized carbons (Fsp3) is 0.471.